The maximum Gasteiger partial charge on any atom is 0.327 e. The Morgan fingerprint density at radius 3 is 2.88 bits per heavy atom. The van der Waals surface area contributed by atoms with E-state index in [1.165, 1.54) is 10.6 Å². The van der Waals surface area contributed by atoms with Gasteiger partial charge in [0.2, 0.25) is 5.62 Å². The Kier molecular flexibility index (Phi) is 4.68. The van der Waals surface area contributed by atoms with Gasteiger partial charge in [0.15, 0.2) is 17.6 Å². The summed E-state index contributed by atoms with van der Waals surface area (Å²) >= 11 is 0. The monoisotopic (exact) mass is 442 g/mol. The normalized spacial score (nSPS) is 15.2. The molecule has 10 nitrogen and oxygen atoms in total. The van der Waals surface area contributed by atoms with Crippen molar-refractivity contribution in [1.29, 1.82) is 5.41 Å². The number of fused-ring (bicyclic) bond motifs is 3. The van der Waals surface area contributed by atoms with Gasteiger partial charge in [-0.3, -0.25) is 15.0 Å². The lowest BCUT2D eigenvalue weighted by Crippen LogP contribution is -2.41. The van der Waals surface area contributed by atoms with Gasteiger partial charge in [-0.2, -0.15) is 4.98 Å². The molecule has 1 unspecified atom stereocenters. The van der Waals surface area contributed by atoms with Gasteiger partial charge in [-0.25, -0.2) is 18.3 Å². The molecular weight excluding hydrogens is 422 g/mol. The molecular formula is C20H20F2N8O2. The molecule has 32 heavy (non-hydrogen) atoms. The molecule has 3 aromatic heterocycles. The molecule has 1 aliphatic heterocycles. The first-order chi connectivity index (χ1) is 15.5. The van der Waals surface area contributed by atoms with Crippen molar-refractivity contribution in [1.82, 2.24) is 19.2 Å². The first-order valence-corrected chi connectivity index (χ1v) is 10.0. The number of aromatic amines is 1. The minimum atomic E-state index is -0.718. The van der Waals surface area contributed by atoms with Crippen LogP contribution in [0.3, 0.4) is 0 Å². The standard InChI is InChI=1S/C20H20F2N8O2/c1-2-29-16(14-4-3-9-32-14)26-18-15-17(27-19(23)30(18)29)28(20(31)25-15)8-7-24-13-6-5-11(21)10-12(13)22/h3-6,9-10,16,23-24,26H,2,7-8H2,1H3,(H,25,31). The van der Waals surface area contributed by atoms with E-state index in [1.54, 1.807) is 17.0 Å². The number of aromatic nitrogens is 4. The summed E-state index contributed by atoms with van der Waals surface area (Å²) in [5, 5.41) is 16.5. The molecule has 0 bridgehead atoms. The second-order valence-electron chi connectivity index (χ2n) is 7.25. The van der Waals surface area contributed by atoms with E-state index < -0.39 is 17.3 Å². The largest absolute Gasteiger partial charge is 0.465 e. The van der Waals surface area contributed by atoms with E-state index in [0.717, 1.165) is 12.1 Å². The summed E-state index contributed by atoms with van der Waals surface area (Å²) in [5.41, 5.74) is 0.420. The fourth-order valence-corrected chi connectivity index (χ4v) is 3.94. The molecule has 4 heterocycles. The Morgan fingerprint density at radius 2 is 2.16 bits per heavy atom. The van der Waals surface area contributed by atoms with Crippen molar-refractivity contribution in [2.24, 2.45) is 0 Å². The van der Waals surface area contributed by atoms with Gasteiger partial charge in [0.1, 0.15) is 22.9 Å². The zero-order chi connectivity index (χ0) is 22.4. The molecule has 1 aromatic carbocycles. The van der Waals surface area contributed by atoms with Crippen LogP contribution in [0.1, 0.15) is 18.8 Å². The summed E-state index contributed by atoms with van der Waals surface area (Å²) in [5.74, 6) is -0.196. The van der Waals surface area contributed by atoms with Crippen molar-refractivity contribution >= 4 is 22.7 Å². The maximum atomic E-state index is 13.8. The van der Waals surface area contributed by atoms with E-state index >= 15 is 0 Å². The van der Waals surface area contributed by atoms with Crippen LogP contribution in [0.25, 0.3) is 11.2 Å². The number of hydrogen-bond donors (Lipinski definition) is 4. The molecule has 1 atom stereocenters. The van der Waals surface area contributed by atoms with E-state index in [1.807, 2.05) is 18.0 Å². The minimum Gasteiger partial charge on any atom is -0.465 e. The van der Waals surface area contributed by atoms with Crippen LogP contribution in [0.15, 0.2) is 45.8 Å². The Bertz CT molecular complexity index is 1410. The third-order valence-electron chi connectivity index (χ3n) is 5.36. The van der Waals surface area contributed by atoms with Crippen molar-refractivity contribution in [2.75, 3.05) is 28.7 Å². The molecule has 0 saturated heterocycles. The summed E-state index contributed by atoms with van der Waals surface area (Å²) in [6.45, 7) is 2.85. The number of benzene rings is 1. The molecule has 0 saturated carbocycles. The highest BCUT2D eigenvalue weighted by atomic mass is 19.1. The summed E-state index contributed by atoms with van der Waals surface area (Å²) in [6, 6.07) is 6.84. The van der Waals surface area contributed by atoms with Crippen molar-refractivity contribution in [3.05, 3.63) is 70.1 Å². The zero-order valence-corrected chi connectivity index (χ0v) is 17.0. The van der Waals surface area contributed by atoms with Crippen LogP contribution in [0.2, 0.25) is 0 Å². The van der Waals surface area contributed by atoms with Crippen LogP contribution in [0.5, 0.6) is 0 Å². The average molecular weight is 442 g/mol. The Hall–Kier alpha value is -4.09. The highest BCUT2D eigenvalue weighted by Gasteiger charge is 2.34. The summed E-state index contributed by atoms with van der Waals surface area (Å²) < 4.78 is 35.4. The average Bonchev–Trinajstić information content (AvgIpc) is 3.48. The summed E-state index contributed by atoms with van der Waals surface area (Å²) in [7, 11) is 0. The number of H-pyrrole nitrogens is 1. The highest BCUT2D eigenvalue weighted by Crippen LogP contribution is 2.32. The molecule has 166 valence electrons. The molecule has 0 fully saturated rings. The fraction of sp³-hybridized carbons (Fsp3) is 0.250. The number of anilines is 2. The number of halogens is 2. The Balaban J connectivity index is 1.48. The molecule has 0 radical (unpaired) electrons. The predicted molar refractivity (Wildman–Crippen MR) is 113 cm³/mol. The number of furan rings is 1. The SMILES string of the molecule is CCN1C(c2ccco2)Nc2c3[nH]c(=O)n(CCNc4ccc(F)cc4F)c3nc(=N)n21. The number of nitrogens with zero attached hydrogens (tertiary/aromatic N) is 4. The van der Waals surface area contributed by atoms with Crippen LogP contribution in [0, 0.1) is 17.0 Å². The summed E-state index contributed by atoms with van der Waals surface area (Å²) in [6.07, 6.45) is 1.21. The molecule has 1 aliphatic rings. The van der Waals surface area contributed by atoms with Crippen molar-refractivity contribution in [2.45, 2.75) is 19.6 Å². The maximum absolute atomic E-state index is 13.8. The van der Waals surface area contributed by atoms with E-state index in [-0.39, 0.29) is 30.6 Å². The number of nitrogens with one attached hydrogen (secondary N) is 4. The van der Waals surface area contributed by atoms with Gasteiger partial charge in [-0.1, -0.05) is 0 Å². The molecule has 0 aliphatic carbocycles. The quantitative estimate of drug-likeness (QED) is 0.363. The highest BCUT2D eigenvalue weighted by molar-refractivity contribution is 5.84. The Morgan fingerprint density at radius 1 is 1.31 bits per heavy atom. The van der Waals surface area contributed by atoms with Crippen LogP contribution in [-0.2, 0) is 6.54 Å². The van der Waals surface area contributed by atoms with Gasteiger partial charge in [0.25, 0.3) is 0 Å². The number of imidazole rings is 1. The third kappa shape index (κ3) is 3.11. The molecule has 4 N–H and O–H groups in total. The topological polar surface area (TPSA) is 120 Å². The molecule has 0 spiro atoms. The van der Waals surface area contributed by atoms with E-state index in [4.69, 9.17) is 9.83 Å². The van der Waals surface area contributed by atoms with Crippen LogP contribution in [-0.4, -0.2) is 32.3 Å². The zero-order valence-electron chi connectivity index (χ0n) is 17.0. The number of rotatable bonds is 6. The summed E-state index contributed by atoms with van der Waals surface area (Å²) in [4.78, 5) is 19.8. The first-order valence-electron chi connectivity index (χ1n) is 10.0. The molecule has 4 aromatic rings. The van der Waals surface area contributed by atoms with E-state index in [0.29, 0.717) is 29.3 Å². The molecule has 5 rings (SSSR count). The van der Waals surface area contributed by atoms with Crippen molar-refractivity contribution in [3.8, 4) is 0 Å². The van der Waals surface area contributed by atoms with Gasteiger partial charge < -0.3 is 20.0 Å². The first kappa shape index (κ1) is 19.8. The lowest BCUT2D eigenvalue weighted by atomic mass is 10.3. The van der Waals surface area contributed by atoms with Gasteiger partial charge in [-0.15, -0.1) is 0 Å². The Labute approximate surface area is 179 Å². The van der Waals surface area contributed by atoms with Crippen LogP contribution < -0.4 is 27.0 Å². The predicted octanol–water partition coefficient (Wildman–Crippen LogP) is 2.07. The van der Waals surface area contributed by atoms with E-state index in [2.05, 4.69) is 20.6 Å². The second kappa shape index (κ2) is 7.55. The molecule has 0 amide bonds. The van der Waals surface area contributed by atoms with Crippen LogP contribution in [0.4, 0.5) is 20.3 Å². The molecule has 12 heteroatoms. The van der Waals surface area contributed by atoms with Crippen LogP contribution >= 0.6 is 0 Å². The lowest BCUT2D eigenvalue weighted by molar-refractivity contribution is 0.443. The lowest BCUT2D eigenvalue weighted by Gasteiger charge is -2.23. The van der Waals surface area contributed by atoms with Gasteiger partial charge in [0, 0.05) is 25.7 Å². The number of hydrogen-bond acceptors (Lipinski definition) is 7. The third-order valence-corrected chi connectivity index (χ3v) is 5.36. The van der Waals surface area contributed by atoms with Gasteiger partial charge in [0.05, 0.1) is 12.0 Å². The fourth-order valence-electron chi connectivity index (χ4n) is 3.94. The van der Waals surface area contributed by atoms with Gasteiger partial charge >= 0.3 is 5.69 Å². The smallest absolute Gasteiger partial charge is 0.327 e. The van der Waals surface area contributed by atoms with E-state index in [9.17, 15) is 13.6 Å². The van der Waals surface area contributed by atoms with Crippen molar-refractivity contribution < 1.29 is 13.2 Å². The van der Waals surface area contributed by atoms with Crippen molar-refractivity contribution in [3.63, 3.8) is 0 Å². The second-order valence-corrected chi connectivity index (χ2v) is 7.25. The minimum absolute atomic E-state index is 0.0544. The van der Waals surface area contributed by atoms with Gasteiger partial charge in [-0.05, 0) is 31.2 Å².